The Morgan fingerprint density at radius 3 is 2.25 bits per heavy atom. The summed E-state index contributed by atoms with van der Waals surface area (Å²) in [5.74, 6) is 0.974. The molecule has 1 rings (SSSR count). The summed E-state index contributed by atoms with van der Waals surface area (Å²) in [4.78, 5) is 2.16. The summed E-state index contributed by atoms with van der Waals surface area (Å²) in [7, 11) is 5.87. The number of hydrogen-bond acceptors (Lipinski definition) is 2. The van der Waals surface area contributed by atoms with E-state index < -0.39 is 0 Å². The van der Waals surface area contributed by atoms with Crippen molar-refractivity contribution >= 4 is 0 Å². The summed E-state index contributed by atoms with van der Waals surface area (Å²) in [6, 6.07) is 6.47. The van der Waals surface area contributed by atoms with E-state index >= 15 is 0 Å². The molecule has 0 atom stereocenters. The molecule has 16 heavy (non-hydrogen) atoms. The highest BCUT2D eigenvalue weighted by atomic mass is 16.5. The molecule has 0 unspecified atom stereocenters. The molecule has 0 aromatic heterocycles. The molecule has 0 N–H and O–H groups in total. The molecule has 90 valence electrons. The highest BCUT2D eigenvalue weighted by molar-refractivity contribution is 5.39. The summed E-state index contributed by atoms with van der Waals surface area (Å²) in [5.41, 5.74) is 2.79. The minimum absolute atomic E-state index is 0.188. The highest BCUT2D eigenvalue weighted by Crippen LogP contribution is 2.28. The monoisotopic (exact) mass is 221 g/mol. The van der Waals surface area contributed by atoms with Crippen LogP contribution in [0.3, 0.4) is 0 Å². The Labute approximate surface area is 99.2 Å². The summed E-state index contributed by atoms with van der Waals surface area (Å²) >= 11 is 0. The van der Waals surface area contributed by atoms with Crippen LogP contribution in [-0.2, 0) is 12.0 Å². The van der Waals surface area contributed by atoms with Crippen molar-refractivity contribution in [3.63, 3.8) is 0 Å². The van der Waals surface area contributed by atoms with Crippen molar-refractivity contribution in [2.45, 2.75) is 32.7 Å². The molecule has 0 saturated carbocycles. The predicted molar refractivity (Wildman–Crippen MR) is 69.1 cm³/mol. The van der Waals surface area contributed by atoms with Crippen LogP contribution in [0.1, 0.15) is 31.9 Å². The van der Waals surface area contributed by atoms with Gasteiger partial charge in [0.15, 0.2) is 0 Å². The lowest BCUT2D eigenvalue weighted by Gasteiger charge is -2.22. The van der Waals surface area contributed by atoms with Crippen LogP contribution < -0.4 is 4.74 Å². The Morgan fingerprint density at radius 1 is 1.19 bits per heavy atom. The van der Waals surface area contributed by atoms with Gasteiger partial charge in [0.05, 0.1) is 7.11 Å². The highest BCUT2D eigenvalue weighted by Gasteiger charge is 2.15. The van der Waals surface area contributed by atoms with Gasteiger partial charge in [0.1, 0.15) is 5.75 Å². The second-order valence-electron chi connectivity index (χ2n) is 5.51. The molecule has 0 aliphatic heterocycles. The van der Waals surface area contributed by atoms with E-state index in [-0.39, 0.29) is 5.41 Å². The van der Waals surface area contributed by atoms with Gasteiger partial charge < -0.3 is 9.64 Å². The van der Waals surface area contributed by atoms with Crippen molar-refractivity contribution in [1.29, 1.82) is 0 Å². The van der Waals surface area contributed by atoms with Crippen molar-refractivity contribution < 1.29 is 4.74 Å². The lowest BCUT2D eigenvalue weighted by Crippen LogP contribution is -2.15. The van der Waals surface area contributed by atoms with Crippen LogP contribution in [-0.4, -0.2) is 26.1 Å². The van der Waals surface area contributed by atoms with Crippen molar-refractivity contribution in [1.82, 2.24) is 4.90 Å². The second-order valence-corrected chi connectivity index (χ2v) is 5.51. The molecular weight excluding hydrogens is 198 g/mol. The van der Waals surface area contributed by atoms with Crippen molar-refractivity contribution in [2.75, 3.05) is 21.2 Å². The zero-order chi connectivity index (χ0) is 12.3. The fraction of sp³-hybridized carbons (Fsp3) is 0.571. The van der Waals surface area contributed by atoms with Gasteiger partial charge >= 0.3 is 0 Å². The molecule has 0 spiro atoms. The number of ether oxygens (including phenoxy) is 1. The van der Waals surface area contributed by atoms with E-state index in [4.69, 9.17) is 4.74 Å². The Kier molecular flexibility index (Phi) is 3.98. The smallest absolute Gasteiger partial charge is 0.123 e. The maximum Gasteiger partial charge on any atom is 0.123 e. The van der Waals surface area contributed by atoms with Crippen molar-refractivity contribution in [3.8, 4) is 5.75 Å². The van der Waals surface area contributed by atoms with Crippen LogP contribution in [0.5, 0.6) is 5.75 Å². The fourth-order valence-corrected chi connectivity index (χ4v) is 1.71. The second kappa shape index (κ2) is 4.88. The largest absolute Gasteiger partial charge is 0.496 e. The SMILES string of the molecule is COc1ccc(C(C)(C)C)cc1CN(C)C. The minimum atomic E-state index is 0.188. The summed E-state index contributed by atoms with van der Waals surface area (Å²) < 4.78 is 5.39. The van der Waals surface area contributed by atoms with Crippen molar-refractivity contribution in [2.24, 2.45) is 0 Å². The minimum Gasteiger partial charge on any atom is -0.496 e. The molecule has 0 radical (unpaired) electrons. The summed E-state index contributed by atoms with van der Waals surface area (Å²) in [6.45, 7) is 7.60. The molecule has 1 aromatic rings. The molecule has 0 heterocycles. The number of rotatable bonds is 3. The van der Waals surface area contributed by atoms with Gasteiger partial charge in [0, 0.05) is 12.1 Å². The van der Waals surface area contributed by atoms with E-state index in [1.54, 1.807) is 7.11 Å². The number of benzene rings is 1. The lowest BCUT2D eigenvalue weighted by molar-refractivity contribution is 0.371. The predicted octanol–water partition coefficient (Wildman–Crippen LogP) is 3.05. The third-order valence-corrected chi connectivity index (χ3v) is 2.63. The molecule has 0 bridgehead atoms. The molecule has 0 fully saturated rings. The molecule has 0 aliphatic carbocycles. The lowest BCUT2D eigenvalue weighted by atomic mass is 9.86. The van der Waals surface area contributed by atoms with E-state index in [0.717, 1.165) is 12.3 Å². The van der Waals surface area contributed by atoms with E-state index in [2.05, 4.69) is 58.0 Å². The van der Waals surface area contributed by atoms with Crippen LogP contribution in [0.25, 0.3) is 0 Å². The van der Waals surface area contributed by atoms with Gasteiger partial charge in [-0.1, -0.05) is 32.9 Å². The van der Waals surface area contributed by atoms with E-state index in [1.165, 1.54) is 11.1 Å². The Morgan fingerprint density at radius 2 is 1.81 bits per heavy atom. The van der Waals surface area contributed by atoms with Gasteiger partial charge in [-0.15, -0.1) is 0 Å². The zero-order valence-corrected chi connectivity index (χ0v) is 11.3. The van der Waals surface area contributed by atoms with Gasteiger partial charge in [-0.25, -0.2) is 0 Å². The van der Waals surface area contributed by atoms with Gasteiger partial charge in [0.25, 0.3) is 0 Å². The Hall–Kier alpha value is -1.02. The molecule has 0 amide bonds. The average Bonchev–Trinajstić information content (AvgIpc) is 2.15. The Balaban J connectivity index is 3.11. The molecule has 1 aromatic carbocycles. The van der Waals surface area contributed by atoms with Gasteiger partial charge in [-0.3, -0.25) is 0 Å². The first kappa shape index (κ1) is 13.0. The maximum absolute atomic E-state index is 5.39. The van der Waals surface area contributed by atoms with E-state index in [0.29, 0.717) is 0 Å². The van der Waals surface area contributed by atoms with Crippen LogP contribution in [0.15, 0.2) is 18.2 Å². The van der Waals surface area contributed by atoms with Gasteiger partial charge in [0.2, 0.25) is 0 Å². The van der Waals surface area contributed by atoms with Crippen LogP contribution in [0.4, 0.5) is 0 Å². The third-order valence-electron chi connectivity index (χ3n) is 2.63. The number of nitrogens with zero attached hydrogens (tertiary/aromatic N) is 1. The topological polar surface area (TPSA) is 12.5 Å². The normalized spacial score (nSPS) is 11.9. The molecule has 0 saturated heterocycles. The molecular formula is C14H23NO. The van der Waals surface area contributed by atoms with Crippen molar-refractivity contribution in [3.05, 3.63) is 29.3 Å². The molecule has 2 heteroatoms. The summed E-state index contributed by atoms with van der Waals surface area (Å²) in [5, 5.41) is 0. The first-order valence-corrected chi connectivity index (χ1v) is 5.66. The Bertz CT molecular complexity index is 350. The van der Waals surface area contributed by atoms with Gasteiger partial charge in [-0.05, 0) is 31.1 Å². The molecule has 0 aliphatic rings. The average molecular weight is 221 g/mol. The standard InChI is InChI=1S/C14H23NO/c1-14(2,3)12-7-8-13(16-6)11(9-12)10-15(4)5/h7-9H,10H2,1-6H3. The quantitative estimate of drug-likeness (QED) is 0.778. The van der Waals surface area contributed by atoms with Gasteiger partial charge in [-0.2, -0.15) is 0 Å². The maximum atomic E-state index is 5.39. The number of methoxy groups -OCH3 is 1. The third kappa shape index (κ3) is 3.24. The van der Waals surface area contributed by atoms with E-state index in [9.17, 15) is 0 Å². The zero-order valence-electron chi connectivity index (χ0n) is 11.3. The van der Waals surface area contributed by atoms with Crippen LogP contribution in [0.2, 0.25) is 0 Å². The first-order chi connectivity index (χ1) is 7.34. The fourth-order valence-electron chi connectivity index (χ4n) is 1.71. The van der Waals surface area contributed by atoms with Crippen LogP contribution in [0, 0.1) is 0 Å². The van der Waals surface area contributed by atoms with E-state index in [1.807, 2.05) is 0 Å². The summed E-state index contributed by atoms with van der Waals surface area (Å²) in [6.07, 6.45) is 0. The van der Waals surface area contributed by atoms with Crippen LogP contribution >= 0.6 is 0 Å². The molecule has 2 nitrogen and oxygen atoms in total. The number of hydrogen-bond donors (Lipinski definition) is 0. The first-order valence-electron chi connectivity index (χ1n) is 5.66.